The number of fused-ring (bicyclic) bond motifs is 17. The van der Waals surface area contributed by atoms with Gasteiger partial charge >= 0.3 is 14.0 Å². The van der Waals surface area contributed by atoms with Gasteiger partial charge in [-0.05, 0) is 131 Å². The molecule has 1 aromatic heterocycles. The SMILES string of the molecule is Cc1cc2c(cc1C)N1B3c4c-2cccc4C(C)(C)c2ccccc2N3c2c1oc1c2N2B3c4c(cccc4C(C)(C)c4ccccc42)-c2cc(C)c(C)cc2N31. The van der Waals surface area contributed by atoms with Crippen LogP contribution in [0.15, 0.2) is 114 Å². The van der Waals surface area contributed by atoms with E-state index in [0.717, 1.165) is 23.1 Å². The van der Waals surface area contributed by atoms with Crippen molar-refractivity contribution in [3.63, 3.8) is 0 Å². The van der Waals surface area contributed by atoms with Gasteiger partial charge in [-0.3, -0.25) is 0 Å². The van der Waals surface area contributed by atoms with Crippen LogP contribution < -0.4 is 30.2 Å². The van der Waals surface area contributed by atoms with Crippen LogP contribution in [0.2, 0.25) is 0 Å². The van der Waals surface area contributed by atoms with Gasteiger partial charge in [0.1, 0.15) is 11.4 Å². The first-order chi connectivity index (χ1) is 27.5. The van der Waals surface area contributed by atoms with Crippen LogP contribution >= 0.6 is 0 Å². The number of nitrogens with zero attached hydrogens (tertiary/aromatic N) is 4. The number of para-hydroxylation sites is 2. The zero-order chi connectivity index (χ0) is 38.6. The summed E-state index contributed by atoms with van der Waals surface area (Å²) in [4.78, 5) is 10.4. The molecule has 0 bridgehead atoms. The molecule has 5 nitrogen and oxygen atoms in total. The fourth-order valence-corrected chi connectivity index (χ4v) is 11.7. The van der Waals surface area contributed by atoms with Crippen molar-refractivity contribution in [2.45, 2.75) is 66.2 Å². The lowest BCUT2D eigenvalue weighted by atomic mass is 9.56. The van der Waals surface area contributed by atoms with Crippen molar-refractivity contribution in [3.05, 3.63) is 154 Å². The van der Waals surface area contributed by atoms with Crippen LogP contribution in [0, 0.1) is 27.7 Å². The van der Waals surface area contributed by atoms with Crippen LogP contribution in [-0.4, -0.2) is 14.0 Å². The summed E-state index contributed by atoms with van der Waals surface area (Å²) in [6, 6.07) is 41.9. The predicted molar refractivity (Wildman–Crippen MR) is 238 cm³/mol. The molecule has 6 aromatic carbocycles. The minimum Gasteiger partial charge on any atom is -0.422 e. The second-order valence-corrected chi connectivity index (χ2v) is 18.4. The summed E-state index contributed by atoms with van der Waals surface area (Å²) in [5, 5.41) is 0. The smallest absolute Gasteiger partial charge is 0.422 e. The largest absolute Gasteiger partial charge is 0.424 e. The van der Waals surface area contributed by atoms with E-state index in [2.05, 4.69) is 184 Å². The number of hydrogen-bond donors (Lipinski definition) is 0. The molecule has 0 aliphatic carbocycles. The maximum absolute atomic E-state index is 7.69. The number of furan rings is 1. The molecule has 274 valence electrons. The molecule has 7 aromatic rings. The Bertz CT molecular complexity index is 2830. The van der Waals surface area contributed by atoms with Crippen molar-refractivity contribution in [1.82, 2.24) is 0 Å². The van der Waals surface area contributed by atoms with E-state index in [1.807, 2.05) is 0 Å². The Balaban J connectivity index is 1.21. The Morgan fingerprint density at radius 1 is 0.404 bits per heavy atom. The first-order valence-corrected chi connectivity index (χ1v) is 20.5. The average Bonchev–Trinajstić information content (AvgIpc) is 3.81. The Hall–Kier alpha value is -6.07. The molecule has 0 N–H and O–H groups in total. The molecule has 0 amide bonds. The van der Waals surface area contributed by atoms with E-state index in [4.69, 9.17) is 4.42 Å². The Morgan fingerprint density at radius 2 is 0.789 bits per heavy atom. The molecule has 13 rings (SSSR count). The van der Waals surface area contributed by atoms with E-state index in [1.54, 1.807) is 0 Å². The molecule has 0 radical (unpaired) electrons. The molecule has 0 spiro atoms. The average molecular weight is 737 g/mol. The Labute approximate surface area is 335 Å². The number of rotatable bonds is 0. The third kappa shape index (κ3) is 3.54. The van der Waals surface area contributed by atoms with Crippen molar-refractivity contribution >= 4 is 70.8 Å². The zero-order valence-corrected chi connectivity index (χ0v) is 33.7. The molecule has 0 saturated carbocycles. The lowest BCUT2D eigenvalue weighted by molar-refractivity contribution is 0.590. The van der Waals surface area contributed by atoms with E-state index >= 15 is 0 Å². The van der Waals surface area contributed by atoms with Crippen LogP contribution in [0.25, 0.3) is 22.3 Å². The number of anilines is 8. The molecule has 7 heterocycles. The van der Waals surface area contributed by atoms with Crippen molar-refractivity contribution in [3.8, 4) is 22.3 Å². The quantitative estimate of drug-likeness (QED) is 0.145. The van der Waals surface area contributed by atoms with Crippen LogP contribution in [0.4, 0.5) is 45.9 Å². The first-order valence-electron chi connectivity index (χ1n) is 20.5. The van der Waals surface area contributed by atoms with Crippen LogP contribution in [0.3, 0.4) is 0 Å². The van der Waals surface area contributed by atoms with Crippen molar-refractivity contribution in [2.75, 3.05) is 19.2 Å². The standard InChI is InChI=1S/C50H42B2N4O/c1-27-23-33-31-15-13-19-37-43(31)51-53(39-21-11-9-17-35(39)49(37,5)6)45-46-48(57-47(45)55(51)41(33)25-29(27)3)56-42-26-30(4)28(2)24-34(42)32-16-14-20-38-44(32)52(56)54(46)40-22-12-10-18-36(40)50(38,7)8/h9-26H,1-8H3. The summed E-state index contributed by atoms with van der Waals surface area (Å²) < 4.78 is 7.69. The molecule has 7 heteroatoms. The van der Waals surface area contributed by atoms with E-state index < -0.39 is 0 Å². The van der Waals surface area contributed by atoms with Gasteiger partial charge in [0.25, 0.3) is 0 Å². The monoisotopic (exact) mass is 736 g/mol. The molecule has 6 aliphatic heterocycles. The van der Waals surface area contributed by atoms with E-state index in [9.17, 15) is 0 Å². The molecular formula is C50H42B2N4O. The van der Waals surface area contributed by atoms with E-state index in [1.165, 1.54) is 100 Å². The van der Waals surface area contributed by atoms with Gasteiger partial charge in [0.05, 0.1) is 0 Å². The highest BCUT2D eigenvalue weighted by atomic mass is 16.4. The molecule has 0 fully saturated rings. The zero-order valence-electron chi connectivity index (χ0n) is 33.7. The van der Waals surface area contributed by atoms with Gasteiger partial charge in [0, 0.05) is 44.7 Å². The predicted octanol–water partition coefficient (Wildman–Crippen LogP) is 11.1. The van der Waals surface area contributed by atoms with Crippen molar-refractivity contribution < 1.29 is 4.42 Å². The maximum Gasteiger partial charge on any atom is 0.424 e. The maximum atomic E-state index is 7.69. The minimum atomic E-state index is -0.249. The van der Waals surface area contributed by atoms with E-state index in [0.29, 0.717) is 0 Å². The summed E-state index contributed by atoms with van der Waals surface area (Å²) in [5.41, 5.74) is 25.1. The van der Waals surface area contributed by atoms with Gasteiger partial charge in [-0.2, -0.15) is 0 Å². The fourth-order valence-electron chi connectivity index (χ4n) is 11.7. The summed E-state index contributed by atoms with van der Waals surface area (Å²) in [6.07, 6.45) is 0. The lowest BCUT2D eigenvalue weighted by Crippen LogP contribution is -2.57. The second kappa shape index (κ2) is 10.1. The molecule has 0 atom stereocenters. The highest BCUT2D eigenvalue weighted by Gasteiger charge is 2.62. The van der Waals surface area contributed by atoms with Crippen molar-refractivity contribution in [1.29, 1.82) is 0 Å². The summed E-state index contributed by atoms with van der Waals surface area (Å²) in [7, 11) is 0. The van der Waals surface area contributed by atoms with Crippen LogP contribution in [0.1, 0.15) is 72.2 Å². The van der Waals surface area contributed by atoms with Crippen LogP contribution in [-0.2, 0) is 10.8 Å². The molecule has 57 heavy (non-hydrogen) atoms. The molecule has 0 saturated heterocycles. The first kappa shape index (κ1) is 32.1. The Morgan fingerprint density at radius 3 is 1.23 bits per heavy atom. The Kier molecular flexibility index (Phi) is 5.67. The van der Waals surface area contributed by atoms with Gasteiger partial charge in [0.2, 0.25) is 11.8 Å². The van der Waals surface area contributed by atoms with Gasteiger partial charge in [-0.25, -0.2) is 0 Å². The van der Waals surface area contributed by atoms with Crippen molar-refractivity contribution in [2.24, 2.45) is 0 Å². The fraction of sp³-hybridized carbons (Fsp3) is 0.200. The third-order valence-corrected chi connectivity index (χ3v) is 14.8. The molecular weight excluding hydrogens is 694 g/mol. The van der Waals surface area contributed by atoms with E-state index in [-0.39, 0.29) is 24.8 Å². The van der Waals surface area contributed by atoms with Gasteiger partial charge in [-0.1, -0.05) is 100 Å². The number of aryl methyl sites for hydroxylation is 4. The normalized spacial score (nSPS) is 17.2. The second-order valence-electron chi connectivity index (χ2n) is 18.4. The molecule has 0 unspecified atom stereocenters. The highest BCUT2D eigenvalue weighted by Crippen LogP contribution is 2.67. The van der Waals surface area contributed by atoms with Gasteiger partial charge in [-0.15, -0.1) is 0 Å². The summed E-state index contributed by atoms with van der Waals surface area (Å²) >= 11 is 0. The van der Waals surface area contributed by atoms with Gasteiger partial charge < -0.3 is 23.7 Å². The van der Waals surface area contributed by atoms with Gasteiger partial charge in [0.15, 0.2) is 0 Å². The lowest BCUT2D eigenvalue weighted by Gasteiger charge is -2.37. The highest BCUT2D eigenvalue weighted by molar-refractivity contribution is 6.89. The van der Waals surface area contributed by atoms with Crippen LogP contribution in [0.5, 0.6) is 0 Å². The third-order valence-electron chi connectivity index (χ3n) is 14.8. The summed E-state index contributed by atoms with van der Waals surface area (Å²) in [6.45, 7) is 18.4. The number of hydrogen-bond acceptors (Lipinski definition) is 5. The molecule has 6 aliphatic rings. The summed E-state index contributed by atoms with van der Waals surface area (Å²) in [5.74, 6) is 1.82. The number of benzene rings is 6. The topological polar surface area (TPSA) is 26.1 Å². The minimum absolute atomic E-state index is 0.121.